The van der Waals surface area contributed by atoms with Gasteiger partial charge in [0, 0.05) is 13.1 Å². The van der Waals surface area contributed by atoms with Gasteiger partial charge in [-0.3, -0.25) is 9.63 Å². The Bertz CT molecular complexity index is 497. The lowest BCUT2D eigenvalue weighted by Crippen LogP contribution is -2.48. The van der Waals surface area contributed by atoms with Crippen molar-refractivity contribution in [2.45, 2.75) is 38.5 Å². The molecule has 5 nitrogen and oxygen atoms in total. The van der Waals surface area contributed by atoms with E-state index in [0.29, 0.717) is 0 Å². The molecule has 2 aliphatic rings. The molecule has 0 saturated heterocycles. The van der Waals surface area contributed by atoms with Crippen molar-refractivity contribution in [3.05, 3.63) is 23.8 Å². The summed E-state index contributed by atoms with van der Waals surface area (Å²) in [6, 6.07) is 0. The highest BCUT2D eigenvalue weighted by Crippen LogP contribution is 2.51. The molecular formula is C17H25NO4. The minimum absolute atomic E-state index is 0.0131. The first-order valence-electron chi connectivity index (χ1n) is 7.81. The number of esters is 1. The number of hydroxylamine groups is 2. The third-order valence-electron chi connectivity index (χ3n) is 4.99. The lowest BCUT2D eigenvalue weighted by molar-refractivity contribution is -0.185. The van der Waals surface area contributed by atoms with E-state index in [-0.39, 0.29) is 17.8 Å². The van der Waals surface area contributed by atoms with Crippen LogP contribution in [-0.2, 0) is 19.2 Å². The van der Waals surface area contributed by atoms with E-state index in [1.54, 1.807) is 13.1 Å². The van der Waals surface area contributed by atoms with Crippen molar-refractivity contribution in [2.24, 2.45) is 11.3 Å². The van der Waals surface area contributed by atoms with Crippen molar-refractivity contribution in [1.82, 2.24) is 5.06 Å². The number of amides is 1. The van der Waals surface area contributed by atoms with E-state index in [0.717, 1.165) is 44.1 Å². The highest BCUT2D eigenvalue weighted by atomic mass is 16.7. The Labute approximate surface area is 131 Å². The molecule has 1 amide bonds. The number of hydrogen-bond donors (Lipinski definition) is 0. The van der Waals surface area contributed by atoms with Crippen LogP contribution in [0.3, 0.4) is 0 Å². The summed E-state index contributed by atoms with van der Waals surface area (Å²) in [6.07, 6.45) is 10.9. The molecule has 0 spiro atoms. The average molecular weight is 307 g/mol. The maximum absolute atomic E-state index is 13.0. The first kappa shape index (κ1) is 16.7. The van der Waals surface area contributed by atoms with E-state index in [2.05, 4.69) is 12.2 Å². The Morgan fingerprint density at radius 2 is 2.09 bits per heavy atom. The Hall–Kier alpha value is -1.62. The zero-order chi connectivity index (χ0) is 16.2. The molecule has 122 valence electrons. The van der Waals surface area contributed by atoms with Crippen molar-refractivity contribution in [3.63, 3.8) is 0 Å². The average Bonchev–Trinajstić information content (AvgIpc) is 2.77. The summed E-state index contributed by atoms with van der Waals surface area (Å²) in [6.45, 7) is 0. The summed E-state index contributed by atoms with van der Waals surface area (Å²) < 4.78 is 4.77. The van der Waals surface area contributed by atoms with Crippen LogP contribution in [-0.4, -0.2) is 38.2 Å². The summed E-state index contributed by atoms with van der Waals surface area (Å²) in [4.78, 5) is 29.8. The van der Waals surface area contributed by atoms with E-state index in [1.807, 2.05) is 0 Å². The number of methoxy groups -OCH3 is 1. The van der Waals surface area contributed by atoms with Crippen LogP contribution >= 0.6 is 0 Å². The van der Waals surface area contributed by atoms with Gasteiger partial charge in [0.25, 0.3) is 5.91 Å². The highest BCUT2D eigenvalue weighted by molar-refractivity contribution is 5.85. The third-order valence-corrected chi connectivity index (χ3v) is 4.99. The van der Waals surface area contributed by atoms with Gasteiger partial charge in [0.1, 0.15) is 0 Å². The van der Waals surface area contributed by atoms with Crippen LogP contribution in [0.1, 0.15) is 38.5 Å². The monoisotopic (exact) mass is 307 g/mol. The lowest BCUT2D eigenvalue weighted by atomic mass is 9.61. The maximum Gasteiger partial charge on any atom is 0.330 e. The van der Waals surface area contributed by atoms with Gasteiger partial charge in [0.15, 0.2) is 0 Å². The van der Waals surface area contributed by atoms with Gasteiger partial charge in [-0.15, -0.1) is 0 Å². The van der Waals surface area contributed by atoms with Gasteiger partial charge in [-0.05, 0) is 44.4 Å². The molecule has 0 aliphatic heterocycles. The number of allylic oxidation sites excluding steroid dienone is 3. The van der Waals surface area contributed by atoms with Gasteiger partial charge in [-0.2, -0.15) is 0 Å². The van der Waals surface area contributed by atoms with Crippen LogP contribution in [0.2, 0.25) is 0 Å². The van der Waals surface area contributed by atoms with Crippen LogP contribution < -0.4 is 0 Å². The van der Waals surface area contributed by atoms with Crippen molar-refractivity contribution in [2.75, 3.05) is 21.3 Å². The zero-order valence-corrected chi connectivity index (χ0v) is 13.6. The van der Waals surface area contributed by atoms with Gasteiger partial charge in [0.2, 0.25) is 0 Å². The van der Waals surface area contributed by atoms with E-state index in [4.69, 9.17) is 9.57 Å². The molecular weight excluding hydrogens is 282 g/mol. The molecule has 0 radical (unpaired) electrons. The van der Waals surface area contributed by atoms with Crippen molar-refractivity contribution < 1.29 is 19.2 Å². The number of ether oxygens (including phenoxy) is 1. The normalized spacial score (nSPS) is 29.6. The van der Waals surface area contributed by atoms with Gasteiger partial charge in [-0.1, -0.05) is 17.7 Å². The number of carbonyl (C=O) groups is 2. The second-order valence-electron chi connectivity index (χ2n) is 6.04. The predicted octanol–water partition coefficient (Wildman–Crippen LogP) is 2.63. The number of hydrogen-bond acceptors (Lipinski definition) is 4. The highest BCUT2D eigenvalue weighted by Gasteiger charge is 2.49. The molecule has 2 rings (SSSR count). The molecule has 0 bridgehead atoms. The first-order valence-corrected chi connectivity index (χ1v) is 7.81. The molecule has 0 unspecified atom stereocenters. The van der Waals surface area contributed by atoms with Crippen LogP contribution in [0.4, 0.5) is 0 Å². The molecule has 1 fully saturated rings. The molecule has 0 aromatic carbocycles. The molecule has 0 aromatic rings. The van der Waals surface area contributed by atoms with Gasteiger partial charge in [0.05, 0.1) is 19.6 Å². The zero-order valence-electron chi connectivity index (χ0n) is 13.6. The lowest BCUT2D eigenvalue weighted by Gasteiger charge is -2.44. The SMILES string of the molecule is COC(=O)/C=C1\CCC[C@@]2(C(=O)N(C)OC)CCC=CC[C@H]12. The minimum atomic E-state index is -0.480. The van der Waals surface area contributed by atoms with Gasteiger partial charge in [-0.25, -0.2) is 9.86 Å². The van der Waals surface area contributed by atoms with Crippen LogP contribution in [0.25, 0.3) is 0 Å². The van der Waals surface area contributed by atoms with Crippen molar-refractivity contribution in [1.29, 1.82) is 0 Å². The topological polar surface area (TPSA) is 55.8 Å². The first-order chi connectivity index (χ1) is 10.5. The summed E-state index contributed by atoms with van der Waals surface area (Å²) in [5.74, 6) is -0.282. The maximum atomic E-state index is 13.0. The molecule has 0 aromatic heterocycles. The Kier molecular flexibility index (Phi) is 5.40. The Morgan fingerprint density at radius 1 is 1.32 bits per heavy atom. The van der Waals surface area contributed by atoms with Gasteiger partial charge >= 0.3 is 5.97 Å². The minimum Gasteiger partial charge on any atom is -0.466 e. The summed E-state index contributed by atoms with van der Waals surface area (Å²) >= 11 is 0. The number of carbonyl (C=O) groups excluding carboxylic acids is 2. The molecule has 2 aliphatic carbocycles. The second kappa shape index (κ2) is 7.09. The smallest absolute Gasteiger partial charge is 0.330 e. The number of fused-ring (bicyclic) bond motifs is 1. The van der Waals surface area contributed by atoms with Crippen LogP contribution in [0.5, 0.6) is 0 Å². The fourth-order valence-electron chi connectivity index (χ4n) is 3.82. The van der Waals surface area contributed by atoms with Crippen molar-refractivity contribution in [3.8, 4) is 0 Å². The van der Waals surface area contributed by atoms with E-state index in [9.17, 15) is 9.59 Å². The van der Waals surface area contributed by atoms with E-state index < -0.39 is 5.41 Å². The largest absolute Gasteiger partial charge is 0.466 e. The fourth-order valence-corrected chi connectivity index (χ4v) is 3.82. The van der Waals surface area contributed by atoms with Crippen LogP contribution in [0, 0.1) is 11.3 Å². The molecule has 5 heteroatoms. The molecule has 22 heavy (non-hydrogen) atoms. The third kappa shape index (κ3) is 3.09. The standard InChI is InChI=1S/C17H25NO4/c1-18(22-3)16(20)17-10-6-4-5-9-14(17)13(8-7-11-17)12-15(19)21-2/h4-5,12,14H,6-11H2,1-3H3/b13-12+/t14-,17+/m1/s1. The van der Waals surface area contributed by atoms with Crippen molar-refractivity contribution >= 4 is 11.9 Å². The molecule has 2 atom stereocenters. The van der Waals surface area contributed by atoms with E-state index in [1.165, 1.54) is 19.3 Å². The number of nitrogens with zero attached hydrogens (tertiary/aromatic N) is 1. The summed E-state index contributed by atoms with van der Waals surface area (Å²) in [5.41, 5.74) is 0.550. The molecule has 0 heterocycles. The Balaban J connectivity index is 2.41. The number of rotatable bonds is 3. The fraction of sp³-hybridized carbons (Fsp3) is 0.647. The summed E-state index contributed by atoms with van der Waals surface area (Å²) in [7, 11) is 4.55. The Morgan fingerprint density at radius 3 is 2.77 bits per heavy atom. The molecule has 0 N–H and O–H groups in total. The predicted molar refractivity (Wildman–Crippen MR) is 82.6 cm³/mol. The molecule has 1 saturated carbocycles. The van der Waals surface area contributed by atoms with Crippen LogP contribution in [0.15, 0.2) is 23.8 Å². The van der Waals surface area contributed by atoms with E-state index >= 15 is 0 Å². The summed E-state index contributed by atoms with van der Waals surface area (Å²) in [5, 5.41) is 1.33. The quantitative estimate of drug-likeness (QED) is 0.348. The second-order valence-corrected chi connectivity index (χ2v) is 6.04. The van der Waals surface area contributed by atoms with Gasteiger partial charge < -0.3 is 4.74 Å².